The number of benzene rings is 1. The summed E-state index contributed by atoms with van der Waals surface area (Å²) >= 11 is 14.2. The van der Waals surface area contributed by atoms with Crippen LogP contribution in [0.2, 0.25) is 10.0 Å². The van der Waals surface area contributed by atoms with Crippen molar-refractivity contribution >= 4 is 45.2 Å². The van der Waals surface area contributed by atoms with Crippen LogP contribution in [0.3, 0.4) is 0 Å². The molecule has 27 heavy (non-hydrogen) atoms. The van der Waals surface area contributed by atoms with Gasteiger partial charge in [0.05, 0.1) is 35.4 Å². The summed E-state index contributed by atoms with van der Waals surface area (Å²) in [5.41, 5.74) is 3.07. The third kappa shape index (κ3) is 3.44. The minimum Gasteiger partial charge on any atom is -0.378 e. The first-order valence-corrected chi connectivity index (χ1v) is 10.0. The molecule has 5 nitrogen and oxygen atoms in total. The smallest absolute Gasteiger partial charge is 0.229 e. The van der Waals surface area contributed by atoms with Crippen LogP contribution in [0.5, 0.6) is 0 Å². The number of thiophene rings is 1. The molecule has 1 aliphatic heterocycles. The number of aromatic amines is 1. The fraction of sp³-hybridized carbons (Fsp3) is 0.263. The first-order chi connectivity index (χ1) is 13.1. The van der Waals surface area contributed by atoms with Gasteiger partial charge in [0.15, 0.2) is 0 Å². The molecular formula is C19H16Cl2N4OS. The standard InChI is InChI=1S/C19H16Cl2N4OS/c1-11-10-23-18(24-11)17-15(13-4-3-12(20)9-14(13)21)16(22-2)19(27-17)25-5-7-26-8-6-25/h3-4,9-10H,5-8H2,1H3,(H,23,24). The Bertz CT molecular complexity index is 1030. The third-order valence-corrected chi connectivity index (χ3v) is 6.19. The Balaban J connectivity index is 1.96. The van der Waals surface area contributed by atoms with E-state index in [1.54, 1.807) is 23.5 Å². The molecule has 1 aliphatic rings. The summed E-state index contributed by atoms with van der Waals surface area (Å²) in [5.74, 6) is 0.739. The van der Waals surface area contributed by atoms with E-state index in [9.17, 15) is 0 Å². The van der Waals surface area contributed by atoms with Crippen LogP contribution in [-0.4, -0.2) is 36.3 Å². The number of rotatable bonds is 3. The molecule has 2 aromatic heterocycles. The number of H-pyrrole nitrogens is 1. The molecule has 3 aromatic rings. The van der Waals surface area contributed by atoms with Crippen molar-refractivity contribution in [2.45, 2.75) is 6.92 Å². The van der Waals surface area contributed by atoms with E-state index in [4.69, 9.17) is 34.5 Å². The van der Waals surface area contributed by atoms with Crippen LogP contribution in [0.1, 0.15) is 5.69 Å². The van der Waals surface area contributed by atoms with Crippen LogP contribution in [-0.2, 0) is 4.74 Å². The zero-order valence-corrected chi connectivity index (χ0v) is 16.9. The summed E-state index contributed by atoms with van der Waals surface area (Å²) in [6.45, 7) is 12.6. The van der Waals surface area contributed by atoms with E-state index in [0.29, 0.717) is 28.9 Å². The Labute approximate surface area is 171 Å². The van der Waals surface area contributed by atoms with Gasteiger partial charge >= 0.3 is 0 Å². The summed E-state index contributed by atoms with van der Waals surface area (Å²) in [6.07, 6.45) is 1.86. The number of anilines is 1. The number of ether oxygens (including phenoxy) is 1. The summed E-state index contributed by atoms with van der Waals surface area (Å²) in [6, 6.07) is 5.36. The van der Waals surface area contributed by atoms with Crippen LogP contribution < -0.4 is 4.90 Å². The van der Waals surface area contributed by atoms with Crippen LogP contribution >= 0.6 is 34.5 Å². The van der Waals surface area contributed by atoms with Gasteiger partial charge in [-0.05, 0) is 24.6 Å². The van der Waals surface area contributed by atoms with Gasteiger partial charge in [0.1, 0.15) is 5.82 Å². The van der Waals surface area contributed by atoms with Crippen molar-refractivity contribution in [2.75, 3.05) is 31.2 Å². The predicted molar refractivity (Wildman–Crippen MR) is 111 cm³/mol. The summed E-state index contributed by atoms with van der Waals surface area (Å²) in [7, 11) is 0. The molecule has 1 N–H and O–H groups in total. The van der Waals surface area contributed by atoms with E-state index >= 15 is 0 Å². The fourth-order valence-electron chi connectivity index (χ4n) is 3.13. The minimum absolute atomic E-state index is 0.517. The number of halogens is 2. The first-order valence-electron chi connectivity index (χ1n) is 8.43. The number of nitrogens with one attached hydrogen (secondary N) is 1. The zero-order chi connectivity index (χ0) is 19.0. The Hall–Kier alpha value is -2.04. The highest BCUT2D eigenvalue weighted by Gasteiger charge is 2.27. The Morgan fingerprint density at radius 2 is 2.07 bits per heavy atom. The summed E-state index contributed by atoms with van der Waals surface area (Å²) in [4.78, 5) is 14.8. The normalized spacial score (nSPS) is 14.4. The lowest BCUT2D eigenvalue weighted by Gasteiger charge is -2.28. The summed E-state index contributed by atoms with van der Waals surface area (Å²) < 4.78 is 5.47. The number of aromatic nitrogens is 2. The maximum absolute atomic E-state index is 7.86. The lowest BCUT2D eigenvalue weighted by atomic mass is 10.0. The third-order valence-electron chi connectivity index (χ3n) is 4.40. The molecule has 0 saturated carbocycles. The van der Waals surface area contributed by atoms with Crippen molar-refractivity contribution < 1.29 is 4.74 Å². The average Bonchev–Trinajstić information content (AvgIpc) is 3.26. The van der Waals surface area contributed by atoms with E-state index in [2.05, 4.69) is 19.7 Å². The Kier molecular flexibility index (Phi) is 5.11. The highest BCUT2D eigenvalue weighted by molar-refractivity contribution is 7.20. The molecule has 1 saturated heterocycles. The van der Waals surface area contributed by atoms with Crippen LogP contribution in [0, 0.1) is 13.5 Å². The number of aryl methyl sites for hydroxylation is 1. The van der Waals surface area contributed by atoms with Crippen molar-refractivity contribution in [3.8, 4) is 21.8 Å². The second-order valence-corrected chi connectivity index (χ2v) is 8.03. The van der Waals surface area contributed by atoms with Crippen molar-refractivity contribution in [1.82, 2.24) is 9.97 Å². The molecule has 138 valence electrons. The molecule has 4 rings (SSSR count). The van der Waals surface area contributed by atoms with Crippen molar-refractivity contribution in [2.24, 2.45) is 0 Å². The largest absolute Gasteiger partial charge is 0.378 e. The average molecular weight is 419 g/mol. The van der Waals surface area contributed by atoms with Crippen molar-refractivity contribution in [1.29, 1.82) is 0 Å². The van der Waals surface area contributed by atoms with Gasteiger partial charge < -0.3 is 14.6 Å². The molecule has 0 radical (unpaired) electrons. The highest BCUT2D eigenvalue weighted by Crippen LogP contribution is 2.53. The molecule has 1 fully saturated rings. The van der Waals surface area contributed by atoms with E-state index in [1.165, 1.54) is 0 Å². The van der Waals surface area contributed by atoms with Gasteiger partial charge in [0, 0.05) is 34.9 Å². The van der Waals surface area contributed by atoms with Crippen LogP contribution in [0.25, 0.3) is 26.7 Å². The van der Waals surface area contributed by atoms with Crippen LogP contribution in [0.4, 0.5) is 10.7 Å². The van der Waals surface area contributed by atoms with Gasteiger partial charge in [-0.25, -0.2) is 9.83 Å². The molecule has 0 amide bonds. The number of imidazole rings is 1. The SMILES string of the molecule is [C-]#[N+]c1c(N2CCOCC2)sc(-c2nc(C)c[nH]2)c1-c1ccc(Cl)cc1Cl. The monoisotopic (exact) mass is 418 g/mol. The van der Waals surface area contributed by atoms with Crippen LogP contribution in [0.15, 0.2) is 24.4 Å². The van der Waals surface area contributed by atoms with Gasteiger partial charge in [-0.3, -0.25) is 0 Å². The second-order valence-electron chi connectivity index (χ2n) is 6.19. The second kappa shape index (κ2) is 7.53. The molecule has 3 heterocycles. The number of hydrogen-bond acceptors (Lipinski definition) is 4. The van der Waals surface area contributed by atoms with Gasteiger partial charge in [0.2, 0.25) is 5.69 Å². The van der Waals surface area contributed by atoms with Crippen molar-refractivity contribution in [3.05, 3.63) is 51.6 Å². The molecule has 0 spiro atoms. The Morgan fingerprint density at radius 3 is 2.70 bits per heavy atom. The van der Waals surface area contributed by atoms with Gasteiger partial charge in [-0.15, -0.1) is 11.3 Å². The van der Waals surface area contributed by atoms with Crippen molar-refractivity contribution in [3.63, 3.8) is 0 Å². The molecule has 0 aliphatic carbocycles. The topological polar surface area (TPSA) is 45.5 Å². The number of nitrogens with zero attached hydrogens (tertiary/aromatic N) is 3. The Morgan fingerprint density at radius 1 is 1.30 bits per heavy atom. The van der Waals surface area contributed by atoms with Gasteiger partial charge in [-0.1, -0.05) is 29.3 Å². The lowest BCUT2D eigenvalue weighted by Crippen LogP contribution is -2.35. The highest BCUT2D eigenvalue weighted by atomic mass is 35.5. The van der Waals surface area contributed by atoms with E-state index in [1.807, 2.05) is 19.2 Å². The maximum atomic E-state index is 7.86. The predicted octanol–water partition coefficient (Wildman–Crippen LogP) is 5.81. The van der Waals surface area contributed by atoms with Gasteiger partial charge in [0.25, 0.3) is 0 Å². The first kappa shape index (κ1) is 18.3. The number of hydrogen-bond donors (Lipinski definition) is 1. The van der Waals surface area contributed by atoms with E-state index < -0.39 is 0 Å². The zero-order valence-electron chi connectivity index (χ0n) is 14.6. The maximum Gasteiger partial charge on any atom is 0.229 e. The minimum atomic E-state index is 0.517. The van der Waals surface area contributed by atoms with Gasteiger partial charge in [-0.2, -0.15) is 0 Å². The summed E-state index contributed by atoms with van der Waals surface area (Å²) in [5, 5.41) is 2.01. The molecule has 1 aromatic carbocycles. The van der Waals surface area contributed by atoms with E-state index in [-0.39, 0.29) is 0 Å². The molecule has 0 atom stereocenters. The molecule has 8 heteroatoms. The quantitative estimate of drug-likeness (QED) is 0.545. The molecule has 0 unspecified atom stereocenters. The lowest BCUT2D eigenvalue weighted by molar-refractivity contribution is 0.123. The van der Waals surface area contributed by atoms with E-state index in [0.717, 1.165) is 45.6 Å². The molecule has 0 bridgehead atoms. The molecular weight excluding hydrogens is 403 g/mol. The fourth-order valence-corrected chi connectivity index (χ4v) is 4.90. The number of morpholine rings is 1.